The number of anilines is 2. The minimum absolute atomic E-state index is 0.183. The van der Waals surface area contributed by atoms with Gasteiger partial charge in [-0.1, -0.05) is 19.9 Å². The number of methoxy groups -OCH3 is 1. The largest absolute Gasteiger partial charge is 0.495 e. The average Bonchev–Trinajstić information content (AvgIpc) is 3.09. The number of nitrogens with one attached hydrogen (secondary N) is 2. The van der Waals surface area contributed by atoms with Gasteiger partial charge in [-0.25, -0.2) is 8.42 Å². The van der Waals surface area contributed by atoms with Crippen LogP contribution in [0.3, 0.4) is 0 Å². The van der Waals surface area contributed by atoms with Crippen molar-refractivity contribution in [2.45, 2.75) is 31.7 Å². The van der Waals surface area contributed by atoms with Crippen LogP contribution in [0.15, 0.2) is 47.5 Å². The minimum atomic E-state index is -3.35. The Labute approximate surface area is 182 Å². The molecule has 0 saturated carbocycles. The Hall–Kier alpha value is -2.65. The summed E-state index contributed by atoms with van der Waals surface area (Å²) in [5.41, 5.74) is 2.32. The molecule has 3 rings (SSSR count). The van der Waals surface area contributed by atoms with Crippen LogP contribution in [0.4, 0.5) is 11.4 Å². The van der Waals surface area contributed by atoms with Crippen molar-refractivity contribution in [2.75, 3.05) is 24.0 Å². The second-order valence-electron chi connectivity index (χ2n) is 7.50. The predicted molar refractivity (Wildman–Crippen MR) is 125 cm³/mol. The number of fused-ring (bicyclic) bond motifs is 1. The Morgan fingerprint density at radius 2 is 1.93 bits per heavy atom. The number of nitrogens with zero attached hydrogens (tertiary/aromatic N) is 2. The van der Waals surface area contributed by atoms with Crippen LogP contribution in [-0.2, 0) is 16.4 Å². The maximum absolute atomic E-state index is 11.9. The van der Waals surface area contributed by atoms with E-state index >= 15 is 0 Å². The van der Waals surface area contributed by atoms with Gasteiger partial charge in [0.05, 0.1) is 35.1 Å². The third-order valence-electron chi connectivity index (χ3n) is 4.70. The Morgan fingerprint density at radius 3 is 2.60 bits per heavy atom. The van der Waals surface area contributed by atoms with Crippen molar-refractivity contribution in [1.82, 2.24) is 9.78 Å². The highest BCUT2D eigenvalue weighted by molar-refractivity contribution is 7.90. The number of ether oxygens (including phenoxy) is 1. The molecule has 9 heteroatoms. The predicted octanol–water partition coefficient (Wildman–Crippen LogP) is 4.30. The summed E-state index contributed by atoms with van der Waals surface area (Å²) in [6.07, 6.45) is 4.03. The molecule has 0 fully saturated rings. The highest BCUT2D eigenvalue weighted by Gasteiger charge is 2.14. The minimum Gasteiger partial charge on any atom is -0.495 e. The zero-order valence-electron chi connectivity index (χ0n) is 17.5. The van der Waals surface area contributed by atoms with E-state index in [2.05, 4.69) is 29.6 Å². The van der Waals surface area contributed by atoms with E-state index in [9.17, 15) is 8.42 Å². The molecule has 2 aromatic carbocycles. The van der Waals surface area contributed by atoms with Crippen molar-refractivity contribution in [3.63, 3.8) is 0 Å². The Bertz CT molecular complexity index is 1170. The summed E-state index contributed by atoms with van der Waals surface area (Å²) in [7, 11) is -1.84. The number of thiocarbonyl (C=S) groups is 1. The number of hydrogen-bond acceptors (Lipinski definition) is 5. The SMILES string of the molecule is COc1ccc(S(C)(=O)=O)cc1NC(=S)Nc1cccc2c1cnn2CCC(C)C. The zero-order chi connectivity index (χ0) is 21.9. The van der Waals surface area contributed by atoms with Crippen molar-refractivity contribution in [2.24, 2.45) is 5.92 Å². The average molecular weight is 447 g/mol. The topological polar surface area (TPSA) is 85.2 Å². The second-order valence-corrected chi connectivity index (χ2v) is 9.93. The Kier molecular flexibility index (Phi) is 6.62. The smallest absolute Gasteiger partial charge is 0.175 e. The molecule has 0 spiro atoms. The summed E-state index contributed by atoms with van der Waals surface area (Å²) < 4.78 is 31.1. The molecule has 7 nitrogen and oxygen atoms in total. The van der Waals surface area contributed by atoms with Gasteiger partial charge in [0, 0.05) is 18.2 Å². The quantitative estimate of drug-likeness (QED) is 0.523. The summed E-state index contributed by atoms with van der Waals surface area (Å²) in [5.74, 6) is 1.09. The number of rotatable bonds is 7. The standard InChI is InChI=1S/C21H26N4O3S2/c1-14(2)10-11-25-19-7-5-6-17(16(19)13-22-25)23-21(29)24-18-12-15(30(4,26)27)8-9-20(18)28-3/h5-9,12-14H,10-11H2,1-4H3,(H2,23,24,29). The lowest BCUT2D eigenvalue weighted by Gasteiger charge is -2.15. The number of benzene rings is 2. The third kappa shape index (κ3) is 5.09. The van der Waals surface area contributed by atoms with Gasteiger partial charge in [-0.3, -0.25) is 4.68 Å². The molecule has 30 heavy (non-hydrogen) atoms. The van der Waals surface area contributed by atoms with Crippen LogP contribution in [-0.4, -0.2) is 36.7 Å². The maximum atomic E-state index is 11.9. The van der Waals surface area contributed by atoms with E-state index in [1.54, 1.807) is 6.07 Å². The summed E-state index contributed by atoms with van der Waals surface area (Å²) in [5, 5.41) is 12.0. The van der Waals surface area contributed by atoms with Crippen LogP contribution >= 0.6 is 12.2 Å². The molecule has 0 aliphatic heterocycles. The van der Waals surface area contributed by atoms with Gasteiger partial charge >= 0.3 is 0 Å². The molecule has 0 bridgehead atoms. The fourth-order valence-corrected chi connectivity index (χ4v) is 3.93. The van der Waals surface area contributed by atoms with Gasteiger partial charge in [0.25, 0.3) is 0 Å². The summed E-state index contributed by atoms with van der Waals surface area (Å²) >= 11 is 5.46. The fraction of sp³-hybridized carbons (Fsp3) is 0.333. The summed E-state index contributed by atoms with van der Waals surface area (Å²) in [4.78, 5) is 0.183. The molecule has 3 aromatic rings. The van der Waals surface area contributed by atoms with Crippen LogP contribution in [0.1, 0.15) is 20.3 Å². The van der Waals surface area contributed by atoms with Crippen LogP contribution in [0.2, 0.25) is 0 Å². The molecular weight excluding hydrogens is 420 g/mol. The third-order valence-corrected chi connectivity index (χ3v) is 6.02. The summed E-state index contributed by atoms with van der Waals surface area (Å²) in [6.45, 7) is 5.23. The zero-order valence-corrected chi connectivity index (χ0v) is 19.1. The Balaban J connectivity index is 1.82. The molecule has 0 atom stereocenters. The molecule has 160 valence electrons. The van der Waals surface area contributed by atoms with E-state index in [1.807, 2.05) is 29.1 Å². The monoisotopic (exact) mass is 446 g/mol. The second kappa shape index (κ2) is 9.01. The van der Waals surface area contributed by atoms with Crippen molar-refractivity contribution in [3.05, 3.63) is 42.6 Å². The molecule has 0 saturated heterocycles. The molecule has 1 aromatic heterocycles. The van der Waals surface area contributed by atoms with Gasteiger partial charge in [0.15, 0.2) is 14.9 Å². The lowest BCUT2D eigenvalue weighted by atomic mass is 10.1. The number of aryl methyl sites for hydroxylation is 1. The maximum Gasteiger partial charge on any atom is 0.175 e. The van der Waals surface area contributed by atoms with E-state index in [0.717, 1.165) is 35.8 Å². The van der Waals surface area contributed by atoms with Gasteiger partial charge < -0.3 is 15.4 Å². The van der Waals surface area contributed by atoms with Crippen molar-refractivity contribution >= 4 is 49.4 Å². The van der Waals surface area contributed by atoms with Gasteiger partial charge in [-0.15, -0.1) is 0 Å². The van der Waals surface area contributed by atoms with E-state index in [-0.39, 0.29) is 4.90 Å². The van der Waals surface area contributed by atoms with Crippen LogP contribution in [0.25, 0.3) is 10.9 Å². The lowest BCUT2D eigenvalue weighted by Crippen LogP contribution is -2.20. The van der Waals surface area contributed by atoms with E-state index in [4.69, 9.17) is 17.0 Å². The molecule has 0 unspecified atom stereocenters. The normalized spacial score (nSPS) is 11.6. The van der Waals surface area contributed by atoms with Crippen LogP contribution in [0, 0.1) is 5.92 Å². The highest BCUT2D eigenvalue weighted by atomic mass is 32.2. The molecule has 0 amide bonds. The summed E-state index contributed by atoms with van der Waals surface area (Å²) in [6, 6.07) is 10.5. The van der Waals surface area contributed by atoms with E-state index < -0.39 is 9.84 Å². The lowest BCUT2D eigenvalue weighted by molar-refractivity contribution is 0.416. The van der Waals surface area contributed by atoms with Gasteiger partial charge in [0.1, 0.15) is 5.75 Å². The first-order chi connectivity index (χ1) is 14.2. The highest BCUT2D eigenvalue weighted by Crippen LogP contribution is 2.28. The molecular formula is C21H26N4O3S2. The van der Waals surface area contributed by atoms with Gasteiger partial charge in [-0.05, 0) is 54.9 Å². The first-order valence-electron chi connectivity index (χ1n) is 9.59. The van der Waals surface area contributed by atoms with Crippen molar-refractivity contribution in [3.8, 4) is 5.75 Å². The van der Waals surface area contributed by atoms with E-state index in [0.29, 0.717) is 22.5 Å². The molecule has 1 heterocycles. The number of sulfone groups is 1. The number of aromatic nitrogens is 2. The Morgan fingerprint density at radius 1 is 1.20 bits per heavy atom. The first-order valence-corrected chi connectivity index (χ1v) is 11.9. The molecule has 0 aliphatic carbocycles. The van der Waals surface area contributed by atoms with E-state index in [1.165, 1.54) is 19.2 Å². The number of hydrogen-bond donors (Lipinski definition) is 2. The fourth-order valence-electron chi connectivity index (χ4n) is 3.06. The van der Waals surface area contributed by atoms with Gasteiger partial charge in [-0.2, -0.15) is 5.10 Å². The van der Waals surface area contributed by atoms with Crippen LogP contribution < -0.4 is 15.4 Å². The van der Waals surface area contributed by atoms with Gasteiger partial charge in [0.2, 0.25) is 0 Å². The first kappa shape index (κ1) is 22.0. The molecule has 0 radical (unpaired) electrons. The molecule has 0 aliphatic rings. The van der Waals surface area contributed by atoms with Crippen LogP contribution in [0.5, 0.6) is 5.75 Å². The van der Waals surface area contributed by atoms with Crippen molar-refractivity contribution in [1.29, 1.82) is 0 Å². The molecule has 2 N–H and O–H groups in total. The van der Waals surface area contributed by atoms with Crippen molar-refractivity contribution < 1.29 is 13.2 Å².